The molecule has 0 atom stereocenters. The highest BCUT2D eigenvalue weighted by atomic mass is 16.4. The molecular formula is C8H14N2O3. The van der Waals surface area contributed by atoms with Gasteiger partial charge in [0.1, 0.15) is 0 Å². The van der Waals surface area contributed by atoms with Crippen molar-refractivity contribution < 1.29 is 14.7 Å². The summed E-state index contributed by atoms with van der Waals surface area (Å²) in [6, 6.07) is 0. The van der Waals surface area contributed by atoms with Crippen molar-refractivity contribution in [1.29, 1.82) is 0 Å². The number of nitrogens with two attached hydrogens (primary N) is 2. The van der Waals surface area contributed by atoms with Crippen molar-refractivity contribution in [2.24, 2.45) is 17.4 Å². The second kappa shape index (κ2) is 3.33. The summed E-state index contributed by atoms with van der Waals surface area (Å²) < 4.78 is 0. The molecule has 5 nitrogen and oxygen atoms in total. The van der Waals surface area contributed by atoms with Crippen LogP contribution in [0.1, 0.15) is 25.7 Å². The number of rotatable bonds is 2. The Hall–Kier alpha value is -1.10. The predicted molar refractivity (Wildman–Crippen MR) is 45.7 cm³/mol. The summed E-state index contributed by atoms with van der Waals surface area (Å²) in [5.41, 5.74) is 9.83. The number of primary amides is 1. The van der Waals surface area contributed by atoms with Gasteiger partial charge in [0, 0.05) is 0 Å². The number of amides is 1. The van der Waals surface area contributed by atoms with Gasteiger partial charge in [-0.2, -0.15) is 0 Å². The van der Waals surface area contributed by atoms with Crippen molar-refractivity contribution in [2.75, 3.05) is 0 Å². The molecule has 1 saturated carbocycles. The fraction of sp³-hybridized carbons (Fsp3) is 0.750. The third kappa shape index (κ3) is 1.98. The minimum atomic E-state index is -0.980. The second-order valence-corrected chi connectivity index (χ2v) is 3.63. The zero-order chi connectivity index (χ0) is 10.1. The first-order valence-electron chi connectivity index (χ1n) is 4.27. The van der Waals surface area contributed by atoms with E-state index in [0.717, 1.165) is 0 Å². The maximum Gasteiger partial charge on any atom is 0.306 e. The first-order valence-corrected chi connectivity index (χ1v) is 4.27. The van der Waals surface area contributed by atoms with Gasteiger partial charge < -0.3 is 16.6 Å². The Balaban J connectivity index is 2.56. The van der Waals surface area contributed by atoms with Crippen molar-refractivity contribution in [1.82, 2.24) is 0 Å². The Morgan fingerprint density at radius 2 is 1.77 bits per heavy atom. The van der Waals surface area contributed by atoms with Crippen molar-refractivity contribution in [2.45, 2.75) is 31.2 Å². The van der Waals surface area contributed by atoms with Crippen LogP contribution in [0.15, 0.2) is 0 Å². The highest BCUT2D eigenvalue weighted by molar-refractivity contribution is 5.84. The minimum Gasteiger partial charge on any atom is -0.481 e. The van der Waals surface area contributed by atoms with Crippen LogP contribution in [0.3, 0.4) is 0 Å². The predicted octanol–water partition coefficient (Wildman–Crippen LogP) is -0.556. The van der Waals surface area contributed by atoms with E-state index in [2.05, 4.69) is 0 Å². The largest absolute Gasteiger partial charge is 0.481 e. The molecule has 0 aromatic rings. The summed E-state index contributed by atoms with van der Waals surface area (Å²) in [5.74, 6) is -1.71. The summed E-state index contributed by atoms with van der Waals surface area (Å²) in [6.45, 7) is 0. The van der Waals surface area contributed by atoms with Crippen LogP contribution in [0.4, 0.5) is 0 Å². The van der Waals surface area contributed by atoms with Crippen LogP contribution in [0.25, 0.3) is 0 Å². The van der Waals surface area contributed by atoms with Gasteiger partial charge in [0.15, 0.2) is 0 Å². The van der Waals surface area contributed by atoms with Crippen LogP contribution in [0.2, 0.25) is 0 Å². The highest BCUT2D eigenvalue weighted by Crippen LogP contribution is 2.30. The fourth-order valence-electron chi connectivity index (χ4n) is 1.63. The second-order valence-electron chi connectivity index (χ2n) is 3.63. The van der Waals surface area contributed by atoms with E-state index in [-0.39, 0.29) is 5.92 Å². The molecule has 0 bridgehead atoms. The van der Waals surface area contributed by atoms with Crippen molar-refractivity contribution in [3.05, 3.63) is 0 Å². The lowest BCUT2D eigenvalue weighted by Gasteiger charge is -2.32. The first kappa shape index (κ1) is 9.98. The summed E-state index contributed by atoms with van der Waals surface area (Å²) in [5, 5.41) is 8.69. The van der Waals surface area contributed by atoms with Crippen molar-refractivity contribution in [3.8, 4) is 0 Å². The number of hydrogen-bond donors (Lipinski definition) is 3. The van der Waals surface area contributed by atoms with Crippen molar-refractivity contribution >= 4 is 11.9 Å². The number of hydrogen-bond acceptors (Lipinski definition) is 3. The van der Waals surface area contributed by atoms with E-state index >= 15 is 0 Å². The van der Waals surface area contributed by atoms with E-state index in [1.54, 1.807) is 0 Å². The molecule has 0 spiro atoms. The van der Waals surface area contributed by atoms with Crippen LogP contribution < -0.4 is 11.5 Å². The van der Waals surface area contributed by atoms with Crippen LogP contribution in [0.5, 0.6) is 0 Å². The first-order chi connectivity index (χ1) is 5.96. The number of carbonyl (C=O) groups is 2. The van der Waals surface area contributed by atoms with Gasteiger partial charge in [-0.05, 0) is 25.7 Å². The SMILES string of the molecule is NC(=O)C1(N)CCC(C(=O)O)CC1. The Morgan fingerprint density at radius 3 is 2.08 bits per heavy atom. The molecule has 1 rings (SSSR count). The van der Waals surface area contributed by atoms with E-state index in [1.165, 1.54) is 0 Å². The molecule has 74 valence electrons. The third-order valence-electron chi connectivity index (χ3n) is 2.72. The Labute approximate surface area is 76.1 Å². The number of carbonyl (C=O) groups excluding carboxylic acids is 1. The van der Waals surface area contributed by atoms with Gasteiger partial charge in [0.2, 0.25) is 5.91 Å². The smallest absolute Gasteiger partial charge is 0.306 e. The molecule has 0 saturated heterocycles. The van der Waals surface area contributed by atoms with Gasteiger partial charge in [-0.25, -0.2) is 0 Å². The van der Waals surface area contributed by atoms with E-state index in [1.807, 2.05) is 0 Å². The quantitative estimate of drug-likeness (QED) is 0.537. The van der Waals surface area contributed by atoms with Crippen LogP contribution in [-0.2, 0) is 9.59 Å². The van der Waals surface area contributed by atoms with Crippen molar-refractivity contribution in [3.63, 3.8) is 0 Å². The molecule has 13 heavy (non-hydrogen) atoms. The summed E-state index contributed by atoms with van der Waals surface area (Å²) in [6.07, 6.45) is 1.63. The maximum absolute atomic E-state index is 10.9. The zero-order valence-electron chi connectivity index (χ0n) is 7.32. The molecule has 0 aliphatic heterocycles. The highest BCUT2D eigenvalue weighted by Gasteiger charge is 2.38. The number of carboxylic acids is 1. The van der Waals surface area contributed by atoms with E-state index in [0.29, 0.717) is 25.7 Å². The molecular weight excluding hydrogens is 172 g/mol. The van der Waals surface area contributed by atoms with Crippen LogP contribution >= 0.6 is 0 Å². The van der Waals surface area contributed by atoms with E-state index in [9.17, 15) is 9.59 Å². The molecule has 1 aliphatic carbocycles. The molecule has 0 aromatic carbocycles. The lowest BCUT2D eigenvalue weighted by molar-refractivity contribution is -0.144. The minimum absolute atomic E-state index is 0.365. The Bertz CT molecular complexity index is 232. The molecule has 1 fully saturated rings. The molecule has 0 unspecified atom stereocenters. The van der Waals surface area contributed by atoms with E-state index in [4.69, 9.17) is 16.6 Å². The molecule has 5 heteroatoms. The van der Waals surface area contributed by atoms with E-state index < -0.39 is 17.4 Å². The molecule has 5 N–H and O–H groups in total. The molecule has 1 aliphatic rings. The normalized spacial score (nSPS) is 34.1. The molecule has 0 aromatic heterocycles. The zero-order valence-corrected chi connectivity index (χ0v) is 7.32. The topological polar surface area (TPSA) is 106 Å². The van der Waals surface area contributed by atoms with Gasteiger partial charge in [-0.15, -0.1) is 0 Å². The number of carboxylic acid groups (broad SMARTS) is 1. The molecule has 0 heterocycles. The average Bonchev–Trinajstić information content (AvgIpc) is 2.04. The monoisotopic (exact) mass is 186 g/mol. The number of aliphatic carboxylic acids is 1. The Morgan fingerprint density at radius 1 is 1.31 bits per heavy atom. The third-order valence-corrected chi connectivity index (χ3v) is 2.72. The maximum atomic E-state index is 10.9. The summed E-state index contributed by atoms with van der Waals surface area (Å²) in [4.78, 5) is 21.5. The van der Waals surface area contributed by atoms with Gasteiger partial charge in [0.25, 0.3) is 0 Å². The standard InChI is InChI=1S/C8H14N2O3/c9-7(13)8(10)3-1-5(2-4-8)6(11)12/h5H,1-4,10H2,(H2,9,13)(H,11,12). The fourth-order valence-corrected chi connectivity index (χ4v) is 1.63. The summed E-state index contributed by atoms with van der Waals surface area (Å²) in [7, 11) is 0. The molecule has 0 radical (unpaired) electrons. The van der Waals surface area contributed by atoms with Gasteiger partial charge in [0.05, 0.1) is 11.5 Å². The molecule has 1 amide bonds. The summed E-state index contributed by atoms with van der Waals surface area (Å²) >= 11 is 0. The van der Waals surface area contributed by atoms with Gasteiger partial charge in [-0.1, -0.05) is 0 Å². The Kier molecular flexibility index (Phi) is 2.56. The van der Waals surface area contributed by atoms with Crippen LogP contribution in [-0.4, -0.2) is 22.5 Å². The lowest BCUT2D eigenvalue weighted by atomic mass is 9.77. The lowest BCUT2D eigenvalue weighted by Crippen LogP contribution is -2.54. The van der Waals surface area contributed by atoms with Gasteiger partial charge in [-0.3, -0.25) is 9.59 Å². The van der Waals surface area contributed by atoms with Gasteiger partial charge >= 0.3 is 5.97 Å². The average molecular weight is 186 g/mol. The van der Waals surface area contributed by atoms with Crippen LogP contribution in [0, 0.1) is 5.92 Å².